The average Bonchev–Trinajstić information content (AvgIpc) is 2.29. The standard InChI is InChI=1S/C11H12F3NO/c12-11(13,14)10-7-15-6-9(16-10)8-4-2-1-3-5-8/h1-5,9-10,15H,6-7H2. The van der Waals surface area contributed by atoms with Crippen molar-refractivity contribution in [1.29, 1.82) is 0 Å². The molecule has 0 saturated carbocycles. The summed E-state index contributed by atoms with van der Waals surface area (Å²) >= 11 is 0. The van der Waals surface area contributed by atoms with Gasteiger partial charge in [-0.25, -0.2) is 0 Å². The first-order valence-corrected chi connectivity index (χ1v) is 5.05. The van der Waals surface area contributed by atoms with E-state index in [9.17, 15) is 13.2 Å². The maximum atomic E-state index is 12.5. The van der Waals surface area contributed by atoms with E-state index in [1.807, 2.05) is 6.07 Å². The second kappa shape index (κ2) is 4.43. The summed E-state index contributed by atoms with van der Waals surface area (Å²) in [7, 11) is 0. The molecule has 2 atom stereocenters. The van der Waals surface area contributed by atoms with Crippen LogP contribution in [-0.4, -0.2) is 25.4 Å². The molecule has 1 aromatic rings. The van der Waals surface area contributed by atoms with E-state index in [4.69, 9.17) is 4.74 Å². The van der Waals surface area contributed by atoms with Gasteiger partial charge in [0.1, 0.15) is 0 Å². The van der Waals surface area contributed by atoms with Crippen molar-refractivity contribution in [2.75, 3.05) is 13.1 Å². The van der Waals surface area contributed by atoms with Crippen molar-refractivity contribution in [3.63, 3.8) is 0 Å². The van der Waals surface area contributed by atoms with Crippen LogP contribution in [0.5, 0.6) is 0 Å². The van der Waals surface area contributed by atoms with E-state index in [1.54, 1.807) is 24.3 Å². The molecule has 88 valence electrons. The lowest BCUT2D eigenvalue weighted by Crippen LogP contribution is -2.48. The predicted octanol–water partition coefficient (Wildman–Crippen LogP) is 2.28. The number of benzene rings is 1. The first kappa shape index (κ1) is 11.4. The average molecular weight is 231 g/mol. The summed E-state index contributed by atoms with van der Waals surface area (Å²) in [5.74, 6) is 0. The third-order valence-electron chi connectivity index (χ3n) is 2.52. The zero-order valence-electron chi connectivity index (χ0n) is 8.50. The molecule has 0 spiro atoms. The zero-order chi connectivity index (χ0) is 11.6. The molecule has 5 heteroatoms. The SMILES string of the molecule is FC(F)(F)C1CNCC(c2ccccc2)O1. The Hall–Kier alpha value is -1.07. The fourth-order valence-electron chi connectivity index (χ4n) is 1.70. The third kappa shape index (κ3) is 2.54. The molecule has 0 radical (unpaired) electrons. The molecule has 1 N–H and O–H groups in total. The molecule has 2 nitrogen and oxygen atoms in total. The minimum absolute atomic E-state index is 0.174. The molecule has 0 aliphatic carbocycles. The van der Waals surface area contributed by atoms with Crippen molar-refractivity contribution < 1.29 is 17.9 Å². The van der Waals surface area contributed by atoms with Gasteiger partial charge in [0.2, 0.25) is 0 Å². The molecular weight excluding hydrogens is 219 g/mol. The normalized spacial score (nSPS) is 26.7. The van der Waals surface area contributed by atoms with Crippen LogP contribution in [-0.2, 0) is 4.74 Å². The lowest BCUT2D eigenvalue weighted by molar-refractivity contribution is -0.240. The summed E-state index contributed by atoms with van der Waals surface area (Å²) in [5.41, 5.74) is 0.768. The van der Waals surface area contributed by atoms with Crippen LogP contribution in [0.15, 0.2) is 30.3 Å². The summed E-state index contributed by atoms with van der Waals surface area (Å²) in [5, 5.41) is 2.74. The molecule has 1 heterocycles. The number of hydrogen-bond donors (Lipinski definition) is 1. The highest BCUT2D eigenvalue weighted by Crippen LogP contribution is 2.30. The fourth-order valence-corrected chi connectivity index (χ4v) is 1.70. The molecule has 0 amide bonds. The van der Waals surface area contributed by atoms with Crippen LogP contribution in [0.2, 0.25) is 0 Å². The molecule has 1 aromatic carbocycles. The zero-order valence-corrected chi connectivity index (χ0v) is 8.50. The lowest BCUT2D eigenvalue weighted by Gasteiger charge is -2.32. The highest BCUT2D eigenvalue weighted by Gasteiger charge is 2.43. The first-order valence-electron chi connectivity index (χ1n) is 5.05. The quantitative estimate of drug-likeness (QED) is 0.800. The van der Waals surface area contributed by atoms with E-state index in [2.05, 4.69) is 5.32 Å². The Morgan fingerprint density at radius 1 is 1.12 bits per heavy atom. The van der Waals surface area contributed by atoms with E-state index >= 15 is 0 Å². The van der Waals surface area contributed by atoms with Crippen LogP contribution in [0.3, 0.4) is 0 Å². The summed E-state index contributed by atoms with van der Waals surface area (Å²) < 4.78 is 42.4. The molecule has 0 bridgehead atoms. The molecule has 2 rings (SSSR count). The van der Waals surface area contributed by atoms with Gasteiger partial charge in [-0.2, -0.15) is 13.2 Å². The van der Waals surface area contributed by atoms with Crippen molar-refractivity contribution in [2.45, 2.75) is 18.4 Å². The van der Waals surface area contributed by atoms with Gasteiger partial charge >= 0.3 is 6.18 Å². The molecule has 1 fully saturated rings. The summed E-state index contributed by atoms with van der Waals surface area (Å²) in [6.07, 6.45) is -6.55. The van der Waals surface area contributed by atoms with Crippen molar-refractivity contribution in [3.05, 3.63) is 35.9 Å². The van der Waals surface area contributed by atoms with Gasteiger partial charge < -0.3 is 10.1 Å². The molecule has 2 unspecified atom stereocenters. The van der Waals surface area contributed by atoms with E-state index in [0.29, 0.717) is 6.54 Å². The van der Waals surface area contributed by atoms with Crippen molar-refractivity contribution in [1.82, 2.24) is 5.32 Å². The van der Waals surface area contributed by atoms with Crippen LogP contribution < -0.4 is 5.32 Å². The predicted molar refractivity (Wildman–Crippen MR) is 53.0 cm³/mol. The Kier molecular flexibility index (Phi) is 3.16. The van der Waals surface area contributed by atoms with Crippen LogP contribution in [0.1, 0.15) is 11.7 Å². The molecule has 1 aliphatic rings. The van der Waals surface area contributed by atoms with E-state index in [0.717, 1.165) is 5.56 Å². The summed E-state index contributed by atoms with van der Waals surface area (Å²) in [6.45, 7) is 0.240. The van der Waals surface area contributed by atoms with Crippen molar-refractivity contribution in [2.24, 2.45) is 0 Å². The van der Waals surface area contributed by atoms with Gasteiger partial charge in [-0.3, -0.25) is 0 Å². The maximum absolute atomic E-state index is 12.5. The minimum Gasteiger partial charge on any atom is -0.358 e. The highest BCUT2D eigenvalue weighted by atomic mass is 19.4. The van der Waals surface area contributed by atoms with Gasteiger partial charge in [-0.05, 0) is 5.56 Å². The van der Waals surface area contributed by atoms with Gasteiger partial charge in [0.25, 0.3) is 0 Å². The Labute approximate surface area is 91.4 Å². The molecule has 1 saturated heterocycles. The molecule has 16 heavy (non-hydrogen) atoms. The lowest BCUT2D eigenvalue weighted by atomic mass is 10.1. The summed E-state index contributed by atoms with van der Waals surface area (Å²) in [6, 6.07) is 8.93. The molecule has 0 aromatic heterocycles. The second-order valence-corrected chi connectivity index (χ2v) is 3.72. The number of ether oxygens (including phenoxy) is 1. The number of nitrogens with one attached hydrogen (secondary N) is 1. The van der Waals surface area contributed by atoms with E-state index in [-0.39, 0.29) is 6.54 Å². The number of halogens is 3. The fraction of sp³-hybridized carbons (Fsp3) is 0.455. The molecular formula is C11H12F3NO. The number of hydrogen-bond acceptors (Lipinski definition) is 2. The second-order valence-electron chi connectivity index (χ2n) is 3.72. The smallest absolute Gasteiger partial charge is 0.358 e. The van der Waals surface area contributed by atoms with E-state index in [1.165, 1.54) is 0 Å². The van der Waals surface area contributed by atoms with Gasteiger partial charge in [0.15, 0.2) is 6.10 Å². The van der Waals surface area contributed by atoms with E-state index < -0.39 is 18.4 Å². The van der Waals surface area contributed by atoms with Gasteiger partial charge in [-0.1, -0.05) is 30.3 Å². The third-order valence-corrected chi connectivity index (χ3v) is 2.52. The van der Waals surface area contributed by atoms with Crippen LogP contribution in [0.25, 0.3) is 0 Å². The van der Waals surface area contributed by atoms with Gasteiger partial charge in [0, 0.05) is 13.1 Å². The number of morpholine rings is 1. The van der Waals surface area contributed by atoms with Crippen molar-refractivity contribution >= 4 is 0 Å². The van der Waals surface area contributed by atoms with Crippen LogP contribution in [0, 0.1) is 0 Å². The molecule has 1 aliphatic heterocycles. The minimum atomic E-state index is -4.31. The Morgan fingerprint density at radius 2 is 1.81 bits per heavy atom. The maximum Gasteiger partial charge on any atom is 0.415 e. The van der Waals surface area contributed by atoms with Crippen LogP contribution in [0.4, 0.5) is 13.2 Å². The van der Waals surface area contributed by atoms with Gasteiger partial charge in [0.05, 0.1) is 6.10 Å². The Bertz CT molecular complexity index is 339. The van der Waals surface area contributed by atoms with Crippen molar-refractivity contribution in [3.8, 4) is 0 Å². The van der Waals surface area contributed by atoms with Crippen LogP contribution >= 0.6 is 0 Å². The summed E-state index contributed by atoms with van der Waals surface area (Å²) in [4.78, 5) is 0. The first-order chi connectivity index (χ1) is 7.57. The topological polar surface area (TPSA) is 21.3 Å². The Morgan fingerprint density at radius 3 is 2.44 bits per heavy atom. The monoisotopic (exact) mass is 231 g/mol. The number of rotatable bonds is 1. The number of alkyl halides is 3. The van der Waals surface area contributed by atoms with Gasteiger partial charge in [-0.15, -0.1) is 0 Å². The largest absolute Gasteiger partial charge is 0.415 e. The highest BCUT2D eigenvalue weighted by molar-refractivity contribution is 5.18. The Balaban J connectivity index is 2.08.